The van der Waals surface area contributed by atoms with E-state index in [9.17, 15) is 4.79 Å². The van der Waals surface area contributed by atoms with E-state index in [1.54, 1.807) is 36.4 Å². The topological polar surface area (TPSA) is 69.2 Å². The monoisotopic (exact) mass is 458 g/mol. The highest BCUT2D eigenvalue weighted by Gasteiger charge is 2.10. The molecule has 0 fully saturated rings. The quantitative estimate of drug-likeness (QED) is 0.364. The van der Waals surface area contributed by atoms with Gasteiger partial charge in [-0.3, -0.25) is 4.79 Å². The standard InChI is InChI=1S/C23H20Cl2N2O4/c1-29-21-10-8-15(11-22(21)30-2)23(28)27-26-13-16-5-3-4-6-20(16)31-14-17-7-9-18(24)12-19(17)25/h3-13H,14H2,1-2H3,(H,27,28)/b26-13+. The van der Waals surface area contributed by atoms with Crippen LogP contribution in [-0.2, 0) is 6.61 Å². The van der Waals surface area contributed by atoms with Gasteiger partial charge in [0.2, 0.25) is 0 Å². The van der Waals surface area contributed by atoms with Gasteiger partial charge in [0.15, 0.2) is 11.5 Å². The zero-order valence-electron chi connectivity index (χ0n) is 16.9. The lowest BCUT2D eigenvalue weighted by molar-refractivity contribution is 0.0954. The maximum absolute atomic E-state index is 12.4. The first-order valence-electron chi connectivity index (χ1n) is 9.23. The lowest BCUT2D eigenvalue weighted by Gasteiger charge is -2.10. The van der Waals surface area contributed by atoms with Gasteiger partial charge in [0.05, 0.1) is 20.4 Å². The van der Waals surface area contributed by atoms with E-state index >= 15 is 0 Å². The Morgan fingerprint density at radius 3 is 2.48 bits per heavy atom. The molecule has 31 heavy (non-hydrogen) atoms. The number of amides is 1. The third kappa shape index (κ3) is 5.90. The van der Waals surface area contributed by atoms with Crippen molar-refractivity contribution >= 4 is 35.3 Å². The Morgan fingerprint density at radius 2 is 1.74 bits per heavy atom. The molecule has 0 aliphatic rings. The molecule has 1 N–H and O–H groups in total. The molecule has 0 unspecified atom stereocenters. The second-order valence-corrected chi connectivity index (χ2v) is 7.17. The number of methoxy groups -OCH3 is 2. The summed E-state index contributed by atoms with van der Waals surface area (Å²) in [6.45, 7) is 0.263. The maximum Gasteiger partial charge on any atom is 0.271 e. The van der Waals surface area contributed by atoms with Gasteiger partial charge in [-0.05, 0) is 42.5 Å². The molecule has 0 saturated heterocycles. The molecular weight excluding hydrogens is 439 g/mol. The minimum atomic E-state index is -0.386. The molecule has 6 nitrogen and oxygen atoms in total. The van der Waals surface area contributed by atoms with Crippen LogP contribution in [0.3, 0.4) is 0 Å². The number of para-hydroxylation sites is 1. The lowest BCUT2D eigenvalue weighted by Crippen LogP contribution is -2.17. The van der Waals surface area contributed by atoms with E-state index in [0.29, 0.717) is 38.4 Å². The Morgan fingerprint density at radius 1 is 0.968 bits per heavy atom. The van der Waals surface area contributed by atoms with Crippen molar-refractivity contribution < 1.29 is 19.0 Å². The third-order valence-electron chi connectivity index (χ3n) is 4.33. The van der Waals surface area contributed by atoms with Crippen molar-refractivity contribution in [2.24, 2.45) is 5.10 Å². The van der Waals surface area contributed by atoms with E-state index in [2.05, 4.69) is 10.5 Å². The summed E-state index contributed by atoms with van der Waals surface area (Å²) in [5, 5.41) is 5.13. The number of hydrogen-bond donors (Lipinski definition) is 1. The molecule has 160 valence electrons. The zero-order chi connectivity index (χ0) is 22.2. The van der Waals surface area contributed by atoms with Gasteiger partial charge < -0.3 is 14.2 Å². The molecule has 3 aromatic rings. The van der Waals surface area contributed by atoms with Crippen LogP contribution in [0.5, 0.6) is 17.2 Å². The van der Waals surface area contributed by atoms with Gasteiger partial charge in [-0.15, -0.1) is 0 Å². The minimum Gasteiger partial charge on any atom is -0.493 e. The second kappa shape index (κ2) is 10.7. The summed E-state index contributed by atoms with van der Waals surface area (Å²) in [5.41, 5.74) is 4.38. The molecule has 8 heteroatoms. The van der Waals surface area contributed by atoms with Crippen molar-refractivity contribution in [2.75, 3.05) is 14.2 Å². The molecule has 0 aliphatic heterocycles. The third-order valence-corrected chi connectivity index (χ3v) is 4.92. The van der Waals surface area contributed by atoms with Crippen molar-refractivity contribution in [3.8, 4) is 17.2 Å². The number of hydrazone groups is 1. The molecular formula is C23H20Cl2N2O4. The first kappa shape index (κ1) is 22.5. The molecule has 0 aromatic heterocycles. The van der Waals surface area contributed by atoms with Crippen molar-refractivity contribution in [1.29, 1.82) is 0 Å². The van der Waals surface area contributed by atoms with Crippen LogP contribution in [-0.4, -0.2) is 26.3 Å². The molecule has 0 spiro atoms. The Balaban J connectivity index is 1.67. The Bertz CT molecular complexity index is 1100. The van der Waals surface area contributed by atoms with Crippen LogP contribution in [0.25, 0.3) is 0 Å². The fourth-order valence-electron chi connectivity index (χ4n) is 2.72. The summed E-state index contributed by atoms with van der Waals surface area (Å²) in [5.74, 6) is 1.20. The van der Waals surface area contributed by atoms with Crippen LogP contribution < -0.4 is 19.6 Å². The average molecular weight is 459 g/mol. The molecule has 0 radical (unpaired) electrons. The van der Waals surface area contributed by atoms with Crippen molar-refractivity contribution in [1.82, 2.24) is 5.43 Å². The van der Waals surface area contributed by atoms with E-state index in [1.807, 2.05) is 24.3 Å². The molecule has 1 amide bonds. The van der Waals surface area contributed by atoms with Crippen molar-refractivity contribution in [3.63, 3.8) is 0 Å². The number of benzene rings is 3. The van der Waals surface area contributed by atoms with Gasteiger partial charge in [0.25, 0.3) is 5.91 Å². The predicted octanol–water partition coefficient (Wildman–Crippen LogP) is 5.35. The number of carbonyl (C=O) groups is 1. The minimum absolute atomic E-state index is 0.263. The van der Waals surface area contributed by atoms with Gasteiger partial charge in [-0.2, -0.15) is 5.10 Å². The highest BCUT2D eigenvalue weighted by atomic mass is 35.5. The molecule has 0 atom stereocenters. The summed E-state index contributed by atoms with van der Waals surface area (Å²) in [6, 6.07) is 17.4. The molecule has 0 heterocycles. The van der Waals surface area contributed by atoms with Gasteiger partial charge >= 0.3 is 0 Å². The number of carbonyl (C=O) groups excluding carboxylic acids is 1. The fraction of sp³-hybridized carbons (Fsp3) is 0.130. The van der Waals surface area contributed by atoms with Gasteiger partial charge in [-0.25, -0.2) is 5.43 Å². The first-order chi connectivity index (χ1) is 15.0. The van der Waals surface area contributed by atoms with Crippen molar-refractivity contribution in [2.45, 2.75) is 6.61 Å². The van der Waals surface area contributed by atoms with Crippen LogP contribution >= 0.6 is 23.2 Å². The predicted molar refractivity (Wildman–Crippen MR) is 122 cm³/mol. The number of hydrogen-bond acceptors (Lipinski definition) is 5. The highest BCUT2D eigenvalue weighted by Crippen LogP contribution is 2.27. The van der Waals surface area contributed by atoms with Gasteiger partial charge in [0, 0.05) is 26.7 Å². The smallest absolute Gasteiger partial charge is 0.271 e. The normalized spacial score (nSPS) is 10.7. The van der Waals surface area contributed by atoms with E-state index in [4.69, 9.17) is 37.4 Å². The summed E-state index contributed by atoms with van der Waals surface area (Å²) < 4.78 is 16.3. The van der Waals surface area contributed by atoms with E-state index in [1.165, 1.54) is 20.4 Å². The Labute approximate surface area is 190 Å². The van der Waals surface area contributed by atoms with Crippen LogP contribution in [0, 0.1) is 0 Å². The summed E-state index contributed by atoms with van der Waals surface area (Å²) >= 11 is 12.1. The zero-order valence-corrected chi connectivity index (χ0v) is 18.4. The van der Waals surface area contributed by atoms with Crippen LogP contribution in [0.4, 0.5) is 0 Å². The fourth-order valence-corrected chi connectivity index (χ4v) is 3.18. The number of ether oxygens (including phenoxy) is 3. The van der Waals surface area contributed by atoms with E-state index in [0.717, 1.165) is 5.56 Å². The molecule has 3 rings (SSSR count). The van der Waals surface area contributed by atoms with Crippen molar-refractivity contribution in [3.05, 3.63) is 87.4 Å². The summed E-state index contributed by atoms with van der Waals surface area (Å²) in [7, 11) is 3.04. The largest absolute Gasteiger partial charge is 0.493 e. The number of rotatable bonds is 8. The molecule has 0 saturated carbocycles. The van der Waals surface area contributed by atoms with Crippen LogP contribution in [0.15, 0.2) is 65.8 Å². The summed E-state index contributed by atoms with van der Waals surface area (Å²) in [6.07, 6.45) is 1.51. The van der Waals surface area contributed by atoms with Gasteiger partial charge in [-0.1, -0.05) is 41.4 Å². The number of halogens is 2. The second-order valence-electron chi connectivity index (χ2n) is 6.33. The maximum atomic E-state index is 12.4. The average Bonchev–Trinajstić information content (AvgIpc) is 2.78. The van der Waals surface area contributed by atoms with E-state index in [-0.39, 0.29) is 12.5 Å². The highest BCUT2D eigenvalue weighted by molar-refractivity contribution is 6.35. The molecule has 3 aromatic carbocycles. The Kier molecular flexibility index (Phi) is 7.76. The lowest BCUT2D eigenvalue weighted by atomic mass is 10.2. The Hall–Kier alpha value is -3.22. The van der Waals surface area contributed by atoms with E-state index < -0.39 is 0 Å². The van der Waals surface area contributed by atoms with Crippen LogP contribution in [0.1, 0.15) is 21.5 Å². The summed E-state index contributed by atoms with van der Waals surface area (Å²) in [4.78, 5) is 12.4. The first-order valence-corrected chi connectivity index (χ1v) is 9.98. The van der Waals surface area contributed by atoms with Crippen LogP contribution in [0.2, 0.25) is 10.0 Å². The molecule has 0 bridgehead atoms. The number of nitrogens with zero attached hydrogens (tertiary/aromatic N) is 1. The number of nitrogens with one attached hydrogen (secondary N) is 1. The SMILES string of the molecule is COc1ccc(C(=O)N/N=C/c2ccccc2OCc2ccc(Cl)cc2Cl)cc1OC. The van der Waals surface area contributed by atoms with Gasteiger partial charge in [0.1, 0.15) is 12.4 Å². The molecule has 0 aliphatic carbocycles.